The van der Waals surface area contributed by atoms with Gasteiger partial charge >= 0.3 is 0 Å². The standard InChI is InChI=1S/C21H24F2N6O2S/c22-19(23)17-12-32-21(24-17)18(30)13-2-1-5-29(11-13)20-15-4-3-14(10-16(15)25-27-26-20)28-6-8-31-9-7-28/h3-4,10,12-13,18-19,30H,1-2,5-9,11H2/t13-,18-/m0/s1. The molecule has 8 nitrogen and oxygen atoms in total. The van der Waals surface area contributed by atoms with Crippen molar-refractivity contribution >= 4 is 33.7 Å². The Morgan fingerprint density at radius 1 is 1.12 bits per heavy atom. The molecule has 2 fully saturated rings. The SMILES string of the molecule is O[C@H](c1nc(C(F)F)cs1)[C@H]1CCCN(c2nnnc3cc(N4CCOCC4)ccc23)C1. The van der Waals surface area contributed by atoms with E-state index >= 15 is 0 Å². The number of aliphatic hydroxyl groups excluding tert-OH is 1. The topological polar surface area (TPSA) is 87.5 Å². The van der Waals surface area contributed by atoms with Crippen molar-refractivity contribution in [2.24, 2.45) is 5.92 Å². The number of rotatable bonds is 5. The number of piperidine rings is 1. The molecular weight excluding hydrogens is 438 g/mol. The maximum absolute atomic E-state index is 12.9. The zero-order valence-corrected chi connectivity index (χ0v) is 18.2. The Morgan fingerprint density at radius 3 is 2.75 bits per heavy atom. The molecule has 170 valence electrons. The van der Waals surface area contributed by atoms with Gasteiger partial charge in [0, 0.05) is 48.6 Å². The molecule has 1 N–H and O–H groups in total. The fourth-order valence-electron chi connectivity index (χ4n) is 4.41. The number of nitrogens with zero attached hydrogens (tertiary/aromatic N) is 6. The smallest absolute Gasteiger partial charge is 0.281 e. The van der Waals surface area contributed by atoms with E-state index in [-0.39, 0.29) is 11.6 Å². The molecule has 1 aromatic carbocycles. The number of fused-ring (bicyclic) bond motifs is 1. The second-order valence-corrected chi connectivity index (χ2v) is 9.01. The van der Waals surface area contributed by atoms with Gasteiger partial charge in [0.2, 0.25) is 0 Å². The van der Waals surface area contributed by atoms with Crippen LogP contribution in [0.15, 0.2) is 23.6 Å². The van der Waals surface area contributed by atoms with E-state index in [4.69, 9.17) is 4.74 Å². The number of benzene rings is 1. The van der Waals surface area contributed by atoms with Crippen molar-refractivity contribution in [2.75, 3.05) is 49.2 Å². The summed E-state index contributed by atoms with van der Waals surface area (Å²) >= 11 is 1.08. The van der Waals surface area contributed by atoms with Crippen molar-refractivity contribution in [3.63, 3.8) is 0 Å². The molecule has 2 aliphatic heterocycles. The summed E-state index contributed by atoms with van der Waals surface area (Å²) in [6.45, 7) is 4.42. The maximum atomic E-state index is 12.9. The van der Waals surface area contributed by atoms with E-state index in [1.165, 1.54) is 5.38 Å². The first-order chi connectivity index (χ1) is 15.6. The van der Waals surface area contributed by atoms with E-state index in [9.17, 15) is 13.9 Å². The van der Waals surface area contributed by atoms with Gasteiger partial charge in [-0.3, -0.25) is 0 Å². The van der Waals surface area contributed by atoms with Gasteiger partial charge in [0.05, 0.1) is 13.2 Å². The lowest BCUT2D eigenvalue weighted by molar-refractivity contribution is 0.0961. The van der Waals surface area contributed by atoms with Crippen LogP contribution in [0.4, 0.5) is 20.3 Å². The Labute approximate surface area is 187 Å². The molecule has 32 heavy (non-hydrogen) atoms. The van der Waals surface area contributed by atoms with E-state index in [2.05, 4.69) is 36.3 Å². The molecule has 3 aromatic rings. The second-order valence-electron chi connectivity index (χ2n) is 8.12. The molecule has 11 heteroatoms. The highest BCUT2D eigenvalue weighted by atomic mass is 32.1. The molecule has 2 aromatic heterocycles. The lowest BCUT2D eigenvalue weighted by atomic mass is 9.92. The summed E-state index contributed by atoms with van der Waals surface area (Å²) in [4.78, 5) is 8.30. The predicted molar refractivity (Wildman–Crippen MR) is 117 cm³/mol. The maximum Gasteiger partial charge on any atom is 0.281 e. The van der Waals surface area contributed by atoms with E-state index in [1.807, 2.05) is 12.1 Å². The van der Waals surface area contributed by atoms with Crippen LogP contribution in [0.1, 0.15) is 36.1 Å². The molecule has 0 amide bonds. The first-order valence-corrected chi connectivity index (χ1v) is 11.6. The lowest BCUT2D eigenvalue weighted by Gasteiger charge is -2.35. The number of hydrogen-bond donors (Lipinski definition) is 1. The van der Waals surface area contributed by atoms with Gasteiger partial charge < -0.3 is 19.6 Å². The number of alkyl halides is 2. The van der Waals surface area contributed by atoms with Crippen molar-refractivity contribution in [3.8, 4) is 0 Å². The van der Waals surface area contributed by atoms with Gasteiger partial charge in [-0.2, -0.15) is 0 Å². The summed E-state index contributed by atoms with van der Waals surface area (Å²) in [5.74, 6) is 0.603. The molecule has 4 heterocycles. The van der Waals surface area contributed by atoms with E-state index < -0.39 is 12.5 Å². The van der Waals surface area contributed by atoms with Crippen LogP contribution in [0.2, 0.25) is 0 Å². The summed E-state index contributed by atoms with van der Waals surface area (Å²) < 4.78 is 31.2. The molecule has 2 atom stereocenters. The van der Waals surface area contributed by atoms with Crippen LogP contribution < -0.4 is 9.80 Å². The van der Waals surface area contributed by atoms with E-state index in [0.717, 1.165) is 66.2 Å². The van der Waals surface area contributed by atoms with Gasteiger partial charge in [0.15, 0.2) is 5.82 Å². The quantitative estimate of drug-likeness (QED) is 0.619. The molecular formula is C21H24F2N6O2S. The van der Waals surface area contributed by atoms with Crippen LogP contribution in [0.5, 0.6) is 0 Å². The molecule has 0 saturated carbocycles. The largest absolute Gasteiger partial charge is 0.386 e. The number of halogens is 2. The van der Waals surface area contributed by atoms with Gasteiger partial charge in [-0.1, -0.05) is 0 Å². The predicted octanol–water partition coefficient (Wildman–Crippen LogP) is 3.21. The van der Waals surface area contributed by atoms with Crippen molar-refractivity contribution in [1.82, 2.24) is 20.4 Å². The van der Waals surface area contributed by atoms with Crippen molar-refractivity contribution in [2.45, 2.75) is 25.4 Å². The minimum absolute atomic E-state index is 0.127. The highest BCUT2D eigenvalue weighted by molar-refractivity contribution is 7.09. The molecule has 0 unspecified atom stereocenters. The summed E-state index contributed by atoms with van der Waals surface area (Å²) in [6.07, 6.45) is -1.87. The van der Waals surface area contributed by atoms with Gasteiger partial charge in [-0.15, -0.1) is 21.5 Å². The molecule has 2 aliphatic rings. The third-order valence-corrected chi connectivity index (χ3v) is 7.04. The average molecular weight is 463 g/mol. The minimum atomic E-state index is -2.63. The molecule has 0 bridgehead atoms. The Bertz CT molecular complexity index is 1080. The lowest BCUT2D eigenvalue weighted by Crippen LogP contribution is -2.38. The Balaban J connectivity index is 1.37. The first-order valence-electron chi connectivity index (χ1n) is 10.7. The molecule has 2 saturated heterocycles. The number of anilines is 2. The van der Waals surface area contributed by atoms with Crippen LogP contribution >= 0.6 is 11.3 Å². The summed E-state index contributed by atoms with van der Waals surface area (Å²) in [5, 5.41) is 25.9. The summed E-state index contributed by atoms with van der Waals surface area (Å²) in [5.41, 5.74) is 1.57. The highest BCUT2D eigenvalue weighted by Crippen LogP contribution is 2.35. The van der Waals surface area contributed by atoms with E-state index in [0.29, 0.717) is 24.8 Å². The van der Waals surface area contributed by atoms with Gasteiger partial charge in [0.1, 0.15) is 22.3 Å². The number of aliphatic hydroxyl groups is 1. The summed E-state index contributed by atoms with van der Waals surface area (Å²) in [6, 6.07) is 6.11. The van der Waals surface area contributed by atoms with Crippen LogP contribution in [0.3, 0.4) is 0 Å². The van der Waals surface area contributed by atoms with Crippen molar-refractivity contribution in [3.05, 3.63) is 34.3 Å². The van der Waals surface area contributed by atoms with Gasteiger partial charge in [0.25, 0.3) is 6.43 Å². The monoisotopic (exact) mass is 462 g/mol. The second kappa shape index (κ2) is 9.16. The highest BCUT2D eigenvalue weighted by Gasteiger charge is 2.31. The zero-order chi connectivity index (χ0) is 22.1. The van der Waals surface area contributed by atoms with Crippen LogP contribution in [0, 0.1) is 5.92 Å². The summed E-state index contributed by atoms with van der Waals surface area (Å²) in [7, 11) is 0. The Hall–Kier alpha value is -2.50. The van der Waals surface area contributed by atoms with E-state index in [1.54, 1.807) is 0 Å². The zero-order valence-electron chi connectivity index (χ0n) is 17.4. The van der Waals surface area contributed by atoms with Crippen molar-refractivity contribution < 1.29 is 18.6 Å². The minimum Gasteiger partial charge on any atom is -0.386 e. The number of ether oxygens (including phenoxy) is 1. The van der Waals surface area contributed by atoms with Crippen LogP contribution in [-0.2, 0) is 4.74 Å². The molecule has 5 rings (SSSR count). The third-order valence-electron chi connectivity index (χ3n) is 6.11. The van der Waals surface area contributed by atoms with Crippen LogP contribution in [-0.4, -0.2) is 64.9 Å². The Kier molecular flexibility index (Phi) is 6.11. The number of thiazole rings is 1. The first kappa shape index (κ1) is 21.4. The van der Waals surface area contributed by atoms with Crippen molar-refractivity contribution in [1.29, 1.82) is 0 Å². The fraction of sp³-hybridized carbons (Fsp3) is 0.524. The molecule has 0 radical (unpaired) electrons. The average Bonchev–Trinajstić information content (AvgIpc) is 3.34. The van der Waals surface area contributed by atoms with Gasteiger partial charge in [-0.05, 0) is 36.3 Å². The number of aromatic nitrogens is 4. The Morgan fingerprint density at radius 2 is 1.97 bits per heavy atom. The third kappa shape index (κ3) is 4.24. The normalized spacial score (nSPS) is 20.8. The van der Waals surface area contributed by atoms with Gasteiger partial charge in [-0.25, -0.2) is 13.8 Å². The number of hydrogen-bond acceptors (Lipinski definition) is 9. The number of morpholine rings is 1. The molecule has 0 aliphatic carbocycles. The fourth-order valence-corrected chi connectivity index (χ4v) is 5.30. The molecule has 0 spiro atoms. The van der Waals surface area contributed by atoms with Crippen LogP contribution in [0.25, 0.3) is 10.9 Å².